The molecule has 2 aromatic heterocycles. The number of ether oxygens (including phenoxy) is 1. The van der Waals surface area contributed by atoms with Crippen LogP contribution in [0, 0.1) is 0 Å². The number of hydrogen-bond donors (Lipinski definition) is 0. The van der Waals surface area contributed by atoms with Crippen LogP contribution in [0.25, 0.3) is 21.8 Å². The van der Waals surface area contributed by atoms with Crippen LogP contribution in [0.3, 0.4) is 0 Å². The third-order valence-electron chi connectivity index (χ3n) is 6.55. The van der Waals surface area contributed by atoms with Crippen molar-refractivity contribution in [3.05, 3.63) is 76.5 Å². The molecule has 0 unspecified atom stereocenters. The quantitative estimate of drug-likeness (QED) is 0.285. The number of benzene rings is 2. The Balaban J connectivity index is 1.58. The van der Waals surface area contributed by atoms with Crippen LogP contribution in [0.5, 0.6) is 0 Å². The first kappa shape index (κ1) is 23.0. The van der Waals surface area contributed by atoms with Gasteiger partial charge in [0.2, 0.25) is 0 Å². The van der Waals surface area contributed by atoms with Gasteiger partial charge in [-0.15, -0.1) is 0 Å². The van der Waals surface area contributed by atoms with E-state index in [1.54, 1.807) is 12.3 Å². The van der Waals surface area contributed by atoms with E-state index in [4.69, 9.17) is 9.72 Å². The van der Waals surface area contributed by atoms with Gasteiger partial charge in [-0.2, -0.15) is 9.78 Å². The van der Waals surface area contributed by atoms with Gasteiger partial charge >= 0.3 is 5.97 Å². The van der Waals surface area contributed by atoms with Crippen LogP contribution >= 0.6 is 0 Å². The Hall–Kier alpha value is -3.74. The summed E-state index contributed by atoms with van der Waals surface area (Å²) in [6.07, 6.45) is 8.93. The zero-order valence-electron chi connectivity index (χ0n) is 20.2. The summed E-state index contributed by atoms with van der Waals surface area (Å²) >= 11 is 0. The zero-order chi connectivity index (χ0) is 24.4. The number of carbonyl (C=O) groups is 1. The van der Waals surface area contributed by atoms with Gasteiger partial charge in [0.05, 0.1) is 23.2 Å². The molecule has 1 aliphatic rings. The Morgan fingerprint density at radius 1 is 1.09 bits per heavy atom. The van der Waals surface area contributed by atoms with E-state index < -0.39 is 0 Å². The highest BCUT2D eigenvalue weighted by Crippen LogP contribution is 2.32. The molecule has 7 nitrogen and oxygen atoms in total. The van der Waals surface area contributed by atoms with Crippen LogP contribution in [0.2, 0.25) is 0 Å². The Morgan fingerprint density at radius 3 is 2.57 bits per heavy atom. The maximum absolute atomic E-state index is 13.5. The molecule has 2 aromatic carbocycles. The molecule has 1 saturated carbocycles. The van der Waals surface area contributed by atoms with Crippen LogP contribution < -0.4 is 5.56 Å². The van der Waals surface area contributed by atoms with Crippen molar-refractivity contribution in [2.24, 2.45) is 5.10 Å². The van der Waals surface area contributed by atoms with Crippen LogP contribution in [-0.2, 0) is 16.1 Å². The molecular formula is C28H30N4O3. The fourth-order valence-corrected chi connectivity index (χ4v) is 4.95. The number of esters is 1. The van der Waals surface area contributed by atoms with Crippen LogP contribution in [0.15, 0.2) is 64.6 Å². The van der Waals surface area contributed by atoms with Crippen molar-refractivity contribution in [3.63, 3.8) is 0 Å². The molecule has 35 heavy (non-hydrogen) atoms. The van der Waals surface area contributed by atoms with Gasteiger partial charge in [-0.25, -0.2) is 4.98 Å². The lowest BCUT2D eigenvalue weighted by atomic mass is 9.88. The molecule has 0 radical (unpaired) electrons. The molecule has 4 aromatic rings. The normalized spacial score (nSPS) is 14.9. The summed E-state index contributed by atoms with van der Waals surface area (Å²) in [5.41, 5.74) is 2.29. The first-order chi connectivity index (χ1) is 17.0. The molecule has 0 amide bonds. The molecule has 0 bridgehead atoms. The van der Waals surface area contributed by atoms with E-state index >= 15 is 0 Å². The number of hydrogen-bond acceptors (Lipinski definition) is 5. The van der Waals surface area contributed by atoms with Gasteiger partial charge < -0.3 is 9.30 Å². The monoisotopic (exact) mass is 470 g/mol. The predicted octanol–water partition coefficient (Wildman–Crippen LogP) is 5.23. The van der Waals surface area contributed by atoms with Gasteiger partial charge in [0.1, 0.15) is 12.4 Å². The van der Waals surface area contributed by atoms with E-state index in [0.717, 1.165) is 48.0 Å². The van der Waals surface area contributed by atoms with E-state index in [1.165, 1.54) is 11.1 Å². The van der Waals surface area contributed by atoms with Gasteiger partial charge in [-0.3, -0.25) is 9.59 Å². The number of para-hydroxylation sites is 2. The Bertz CT molecular complexity index is 1460. The van der Waals surface area contributed by atoms with E-state index in [2.05, 4.69) is 5.10 Å². The topological polar surface area (TPSA) is 78.5 Å². The Kier molecular flexibility index (Phi) is 6.49. The summed E-state index contributed by atoms with van der Waals surface area (Å²) in [7, 11) is 0. The highest BCUT2D eigenvalue weighted by Gasteiger charge is 2.22. The standard InChI is InChI=1S/C28H30N4O3/c1-19(2)35-26(33)18-31-17-21(22-12-7-9-15-25(22)31)16-29-32-27(20-10-4-3-5-11-20)30-24-14-8-6-13-23(24)28(32)34/h6-9,12-17,19-20H,3-5,10-11,18H2,1-2H3. The van der Waals surface area contributed by atoms with Crippen LogP contribution in [0.4, 0.5) is 0 Å². The highest BCUT2D eigenvalue weighted by atomic mass is 16.5. The molecule has 0 saturated heterocycles. The summed E-state index contributed by atoms with van der Waals surface area (Å²) in [5.74, 6) is 0.651. The van der Waals surface area contributed by atoms with Gasteiger partial charge in [-0.05, 0) is 44.9 Å². The molecule has 7 heteroatoms. The number of rotatable bonds is 6. The lowest BCUT2D eigenvalue weighted by Crippen LogP contribution is -2.25. The Morgan fingerprint density at radius 2 is 1.80 bits per heavy atom. The van der Waals surface area contributed by atoms with E-state index in [0.29, 0.717) is 10.9 Å². The first-order valence-electron chi connectivity index (χ1n) is 12.3. The molecule has 180 valence electrons. The van der Waals surface area contributed by atoms with Gasteiger partial charge in [0, 0.05) is 28.6 Å². The SMILES string of the molecule is CC(C)OC(=O)Cn1cc(C=Nn2c(C3CCCCC3)nc3ccccc3c2=O)c2ccccc21. The minimum Gasteiger partial charge on any atom is -0.462 e. The predicted molar refractivity (Wildman–Crippen MR) is 138 cm³/mol. The lowest BCUT2D eigenvalue weighted by Gasteiger charge is -2.22. The van der Waals surface area contributed by atoms with E-state index in [-0.39, 0.29) is 30.1 Å². The number of fused-ring (bicyclic) bond motifs is 2. The molecular weight excluding hydrogens is 440 g/mol. The minimum atomic E-state index is -0.293. The fourth-order valence-electron chi connectivity index (χ4n) is 4.95. The number of aromatic nitrogens is 3. The number of nitrogens with zero attached hydrogens (tertiary/aromatic N) is 4. The lowest BCUT2D eigenvalue weighted by molar-refractivity contribution is -0.148. The van der Waals surface area contributed by atoms with Crippen molar-refractivity contribution in [3.8, 4) is 0 Å². The van der Waals surface area contributed by atoms with Crippen LogP contribution in [0.1, 0.15) is 63.3 Å². The maximum Gasteiger partial charge on any atom is 0.326 e. The average molecular weight is 471 g/mol. The highest BCUT2D eigenvalue weighted by molar-refractivity contribution is 5.99. The molecule has 0 aliphatic heterocycles. The summed E-state index contributed by atoms with van der Waals surface area (Å²) < 4.78 is 8.68. The van der Waals surface area contributed by atoms with Crippen molar-refractivity contribution in [2.45, 2.75) is 64.5 Å². The second-order valence-corrected chi connectivity index (χ2v) is 9.45. The molecule has 1 aliphatic carbocycles. The fraction of sp³-hybridized carbons (Fsp3) is 0.357. The van der Waals surface area contributed by atoms with Crippen molar-refractivity contribution >= 4 is 34.0 Å². The van der Waals surface area contributed by atoms with Gasteiger partial charge in [-0.1, -0.05) is 49.6 Å². The molecule has 0 spiro atoms. The molecule has 5 rings (SSSR count). The second-order valence-electron chi connectivity index (χ2n) is 9.45. The second kappa shape index (κ2) is 9.86. The van der Waals surface area contributed by atoms with Gasteiger partial charge in [0.15, 0.2) is 0 Å². The summed E-state index contributed by atoms with van der Waals surface area (Å²) in [5, 5.41) is 6.19. The van der Waals surface area contributed by atoms with Gasteiger partial charge in [0.25, 0.3) is 5.56 Å². The van der Waals surface area contributed by atoms with Crippen molar-refractivity contribution in [2.75, 3.05) is 0 Å². The first-order valence-corrected chi connectivity index (χ1v) is 12.3. The minimum absolute atomic E-state index is 0.108. The van der Waals surface area contributed by atoms with Crippen molar-refractivity contribution in [1.29, 1.82) is 0 Å². The maximum atomic E-state index is 13.5. The largest absolute Gasteiger partial charge is 0.462 e. The molecule has 0 atom stereocenters. The third-order valence-corrected chi connectivity index (χ3v) is 6.55. The smallest absolute Gasteiger partial charge is 0.326 e. The number of carbonyl (C=O) groups excluding carboxylic acids is 1. The average Bonchev–Trinajstić information content (AvgIpc) is 3.20. The summed E-state index contributed by atoms with van der Waals surface area (Å²) in [6.45, 7) is 3.78. The van der Waals surface area contributed by atoms with Crippen molar-refractivity contribution in [1.82, 2.24) is 14.2 Å². The summed E-state index contributed by atoms with van der Waals surface area (Å²) in [6, 6.07) is 15.3. The van der Waals surface area contributed by atoms with E-state index in [1.807, 2.05) is 67.1 Å². The Labute approximate surface area is 204 Å². The molecule has 0 N–H and O–H groups in total. The van der Waals surface area contributed by atoms with Crippen LogP contribution in [-0.4, -0.2) is 32.5 Å². The zero-order valence-corrected chi connectivity index (χ0v) is 20.2. The van der Waals surface area contributed by atoms with E-state index in [9.17, 15) is 9.59 Å². The summed E-state index contributed by atoms with van der Waals surface area (Å²) in [4.78, 5) is 30.7. The molecule has 1 fully saturated rings. The third kappa shape index (κ3) is 4.76. The van der Waals surface area contributed by atoms with Crippen molar-refractivity contribution < 1.29 is 9.53 Å². The molecule has 2 heterocycles.